The van der Waals surface area contributed by atoms with Gasteiger partial charge in [-0.2, -0.15) is 0 Å². The fourth-order valence-electron chi connectivity index (χ4n) is 4.94. The third-order valence-electron chi connectivity index (χ3n) is 6.87. The van der Waals surface area contributed by atoms with Crippen LogP contribution in [0.15, 0.2) is 65.7 Å². The van der Waals surface area contributed by atoms with Crippen LogP contribution >= 0.6 is 0 Å². The molecule has 0 radical (unpaired) electrons. The van der Waals surface area contributed by atoms with Gasteiger partial charge in [0.05, 0.1) is 29.8 Å². The van der Waals surface area contributed by atoms with E-state index in [-0.39, 0.29) is 11.6 Å². The first-order chi connectivity index (χ1) is 18.7. The first-order valence-electron chi connectivity index (χ1n) is 12.9. The summed E-state index contributed by atoms with van der Waals surface area (Å²) in [5.41, 5.74) is 4.58. The van der Waals surface area contributed by atoms with Crippen molar-refractivity contribution in [2.24, 2.45) is 0 Å². The zero-order valence-corrected chi connectivity index (χ0v) is 22.3. The van der Waals surface area contributed by atoms with Crippen molar-refractivity contribution in [3.63, 3.8) is 0 Å². The van der Waals surface area contributed by atoms with Gasteiger partial charge in [-0.3, -0.25) is 9.78 Å². The number of benzene rings is 2. The van der Waals surface area contributed by atoms with Gasteiger partial charge in [0.25, 0.3) is 5.56 Å². The lowest BCUT2D eigenvalue weighted by Crippen LogP contribution is -2.29. The fourth-order valence-corrected chi connectivity index (χ4v) is 4.94. The Morgan fingerprint density at radius 3 is 2.62 bits per heavy atom. The standard InChI is InChI=1S/C31H29F2N5O/c1-19(2)38-21(4)36-29-18-35-28-12-9-22(15-25(28)30(29)38)7-5-13-34-17-24-8-6-14-37(31(24)39)20(3)23-10-11-26(32)27(33)16-23/h6,8-12,14-16,18-20,34H,13,17H2,1-4H3. The van der Waals surface area contributed by atoms with Crippen molar-refractivity contribution in [1.82, 2.24) is 24.4 Å². The van der Waals surface area contributed by atoms with Crippen LogP contribution < -0.4 is 10.9 Å². The van der Waals surface area contributed by atoms with Crippen LogP contribution in [0.2, 0.25) is 0 Å². The van der Waals surface area contributed by atoms with Crippen molar-refractivity contribution in [3.8, 4) is 11.8 Å². The summed E-state index contributed by atoms with van der Waals surface area (Å²) >= 11 is 0. The number of hydrogen-bond acceptors (Lipinski definition) is 4. The number of aromatic nitrogens is 4. The Bertz CT molecular complexity index is 1810. The molecule has 3 heterocycles. The van der Waals surface area contributed by atoms with Gasteiger partial charge in [-0.05, 0) is 69.7 Å². The largest absolute Gasteiger partial charge is 0.325 e. The van der Waals surface area contributed by atoms with Gasteiger partial charge in [0.1, 0.15) is 11.3 Å². The number of imidazole rings is 1. The number of aryl methyl sites for hydroxylation is 1. The lowest BCUT2D eigenvalue weighted by atomic mass is 10.1. The molecule has 198 valence electrons. The highest BCUT2D eigenvalue weighted by molar-refractivity contribution is 6.02. The smallest absolute Gasteiger partial charge is 0.255 e. The fraction of sp³-hybridized carbons (Fsp3) is 0.258. The molecule has 2 aromatic carbocycles. The van der Waals surface area contributed by atoms with Gasteiger partial charge in [0.2, 0.25) is 0 Å². The second-order valence-corrected chi connectivity index (χ2v) is 9.85. The molecule has 8 heteroatoms. The summed E-state index contributed by atoms with van der Waals surface area (Å²) < 4.78 is 30.8. The quantitative estimate of drug-likeness (QED) is 0.229. The number of pyridine rings is 2. The van der Waals surface area contributed by atoms with Crippen LogP contribution in [0, 0.1) is 30.4 Å². The molecular weight excluding hydrogens is 496 g/mol. The Morgan fingerprint density at radius 1 is 1.03 bits per heavy atom. The molecule has 5 rings (SSSR count). The summed E-state index contributed by atoms with van der Waals surface area (Å²) in [5, 5.41) is 4.22. The SMILES string of the molecule is Cc1nc2cnc3ccc(C#CCNCc4cccn(C(C)c5ccc(F)c(F)c5)c4=O)cc3c2n1C(C)C. The molecule has 0 aliphatic rings. The monoisotopic (exact) mass is 525 g/mol. The molecule has 5 aromatic rings. The van der Waals surface area contributed by atoms with Crippen LogP contribution in [-0.2, 0) is 6.54 Å². The van der Waals surface area contributed by atoms with Crippen LogP contribution in [-0.4, -0.2) is 25.6 Å². The van der Waals surface area contributed by atoms with E-state index >= 15 is 0 Å². The van der Waals surface area contributed by atoms with Crippen molar-refractivity contribution in [2.75, 3.05) is 6.54 Å². The van der Waals surface area contributed by atoms with E-state index < -0.39 is 17.7 Å². The molecule has 3 aromatic heterocycles. The van der Waals surface area contributed by atoms with Crippen LogP contribution in [0.25, 0.3) is 21.9 Å². The first-order valence-corrected chi connectivity index (χ1v) is 12.9. The summed E-state index contributed by atoms with van der Waals surface area (Å²) in [4.78, 5) is 22.3. The van der Waals surface area contributed by atoms with Gasteiger partial charge < -0.3 is 14.5 Å². The second kappa shape index (κ2) is 10.8. The lowest BCUT2D eigenvalue weighted by molar-refractivity contribution is 0.502. The van der Waals surface area contributed by atoms with Crippen LogP contribution in [0.3, 0.4) is 0 Å². The molecule has 0 saturated carbocycles. The summed E-state index contributed by atoms with van der Waals surface area (Å²) in [6.07, 6.45) is 3.46. The number of nitrogens with one attached hydrogen (secondary N) is 1. The van der Waals surface area contributed by atoms with Crippen LogP contribution in [0.5, 0.6) is 0 Å². The molecule has 6 nitrogen and oxygen atoms in total. The number of nitrogens with zero attached hydrogens (tertiary/aromatic N) is 4. The van der Waals surface area contributed by atoms with Crippen LogP contribution in [0.1, 0.15) is 55.4 Å². The lowest BCUT2D eigenvalue weighted by Gasteiger charge is -2.17. The molecule has 0 saturated heterocycles. The van der Waals surface area contributed by atoms with Gasteiger partial charge in [0.15, 0.2) is 11.6 Å². The molecule has 39 heavy (non-hydrogen) atoms. The van der Waals surface area contributed by atoms with Gasteiger partial charge >= 0.3 is 0 Å². The van der Waals surface area contributed by atoms with Crippen molar-refractivity contribution in [2.45, 2.75) is 46.3 Å². The van der Waals surface area contributed by atoms with E-state index in [1.807, 2.05) is 31.3 Å². The minimum absolute atomic E-state index is 0.196. The molecule has 1 unspecified atom stereocenters. The second-order valence-electron chi connectivity index (χ2n) is 9.85. The Kier molecular flexibility index (Phi) is 7.27. The maximum absolute atomic E-state index is 13.7. The van der Waals surface area contributed by atoms with Crippen molar-refractivity contribution in [1.29, 1.82) is 0 Å². The molecular formula is C31H29F2N5O. The average molecular weight is 526 g/mol. The molecule has 1 atom stereocenters. The van der Waals surface area contributed by atoms with Crippen molar-refractivity contribution >= 4 is 21.9 Å². The highest BCUT2D eigenvalue weighted by Gasteiger charge is 2.15. The van der Waals surface area contributed by atoms with Gasteiger partial charge in [-0.15, -0.1) is 0 Å². The van der Waals surface area contributed by atoms with E-state index in [4.69, 9.17) is 0 Å². The number of halogens is 2. The van der Waals surface area contributed by atoms with Gasteiger partial charge in [-0.1, -0.05) is 24.0 Å². The molecule has 0 aliphatic carbocycles. The Balaban J connectivity index is 1.31. The Morgan fingerprint density at radius 2 is 1.85 bits per heavy atom. The van der Waals surface area contributed by atoms with E-state index in [9.17, 15) is 13.6 Å². The summed E-state index contributed by atoms with van der Waals surface area (Å²) in [6, 6.07) is 13.0. The maximum Gasteiger partial charge on any atom is 0.255 e. The zero-order chi connectivity index (χ0) is 27.7. The van der Waals surface area contributed by atoms with E-state index in [1.165, 1.54) is 10.6 Å². The van der Waals surface area contributed by atoms with Gasteiger partial charge in [0, 0.05) is 35.3 Å². The Hall–Kier alpha value is -4.35. The first kappa shape index (κ1) is 26.3. The summed E-state index contributed by atoms with van der Waals surface area (Å²) in [7, 11) is 0. The third kappa shape index (κ3) is 5.18. The van der Waals surface area contributed by atoms with E-state index in [0.717, 1.165) is 45.5 Å². The van der Waals surface area contributed by atoms with E-state index in [1.54, 1.807) is 25.3 Å². The maximum atomic E-state index is 13.7. The van der Waals surface area contributed by atoms with Crippen LogP contribution in [0.4, 0.5) is 8.78 Å². The normalized spacial score (nSPS) is 12.2. The number of rotatable bonds is 6. The molecule has 0 bridgehead atoms. The van der Waals surface area contributed by atoms with E-state index in [2.05, 4.69) is 45.5 Å². The number of fused-ring (bicyclic) bond motifs is 3. The molecule has 0 fully saturated rings. The molecule has 0 aliphatic heterocycles. The minimum Gasteiger partial charge on any atom is -0.325 e. The van der Waals surface area contributed by atoms with Gasteiger partial charge in [-0.25, -0.2) is 13.8 Å². The topological polar surface area (TPSA) is 64.7 Å². The van der Waals surface area contributed by atoms with Crippen molar-refractivity contribution < 1.29 is 8.78 Å². The summed E-state index contributed by atoms with van der Waals surface area (Å²) in [6.45, 7) is 8.77. The minimum atomic E-state index is -0.934. The molecule has 0 amide bonds. The van der Waals surface area contributed by atoms with E-state index in [0.29, 0.717) is 24.2 Å². The average Bonchev–Trinajstić information content (AvgIpc) is 3.27. The zero-order valence-electron chi connectivity index (χ0n) is 22.3. The molecule has 1 N–H and O–H groups in total. The summed E-state index contributed by atoms with van der Waals surface area (Å²) in [5.74, 6) is 5.44. The predicted octanol–water partition coefficient (Wildman–Crippen LogP) is 5.66. The highest BCUT2D eigenvalue weighted by atomic mass is 19.2. The Labute approximate surface area is 225 Å². The molecule has 0 spiro atoms. The third-order valence-corrected chi connectivity index (χ3v) is 6.87. The number of hydrogen-bond donors (Lipinski definition) is 1. The highest BCUT2D eigenvalue weighted by Crippen LogP contribution is 2.28. The van der Waals surface area contributed by atoms with Crippen molar-refractivity contribution in [3.05, 3.63) is 105 Å². The predicted molar refractivity (Wildman–Crippen MR) is 150 cm³/mol.